The van der Waals surface area contributed by atoms with Crippen molar-refractivity contribution in [2.75, 3.05) is 0 Å². The SMILES string of the molecule is O=C(N/N=C/c1c[nH]c2ccccc12)c1ccccc1O. The van der Waals surface area contributed by atoms with Crippen LogP contribution in [0.15, 0.2) is 59.8 Å². The third-order valence-electron chi connectivity index (χ3n) is 3.14. The normalized spacial score (nSPS) is 11.0. The summed E-state index contributed by atoms with van der Waals surface area (Å²) in [5.74, 6) is -0.526. The van der Waals surface area contributed by atoms with E-state index in [2.05, 4.69) is 15.5 Å². The Hall–Kier alpha value is -3.08. The molecule has 5 nitrogen and oxygen atoms in total. The Bertz CT molecular complexity index is 821. The summed E-state index contributed by atoms with van der Waals surface area (Å²) in [6, 6.07) is 14.1. The largest absolute Gasteiger partial charge is 0.507 e. The molecule has 0 aliphatic carbocycles. The first-order chi connectivity index (χ1) is 10.3. The molecule has 3 rings (SSSR count). The monoisotopic (exact) mass is 279 g/mol. The Balaban J connectivity index is 1.76. The first-order valence-corrected chi connectivity index (χ1v) is 6.43. The summed E-state index contributed by atoms with van der Waals surface area (Å²) in [4.78, 5) is 15.0. The summed E-state index contributed by atoms with van der Waals surface area (Å²) in [6.45, 7) is 0. The molecular formula is C16H13N3O2. The Morgan fingerprint density at radius 1 is 1.14 bits per heavy atom. The summed E-state index contributed by atoms with van der Waals surface area (Å²) >= 11 is 0. The third-order valence-corrected chi connectivity index (χ3v) is 3.14. The molecule has 0 spiro atoms. The number of rotatable bonds is 3. The molecule has 104 valence electrons. The number of carbonyl (C=O) groups excluding carboxylic acids is 1. The highest BCUT2D eigenvalue weighted by Gasteiger charge is 2.08. The fourth-order valence-electron chi connectivity index (χ4n) is 2.09. The van der Waals surface area contributed by atoms with Crippen LogP contribution in [0.3, 0.4) is 0 Å². The van der Waals surface area contributed by atoms with Gasteiger partial charge in [-0.2, -0.15) is 5.10 Å². The number of amides is 1. The minimum Gasteiger partial charge on any atom is -0.507 e. The fraction of sp³-hybridized carbons (Fsp3) is 0. The van der Waals surface area contributed by atoms with Crippen molar-refractivity contribution in [2.45, 2.75) is 0 Å². The van der Waals surface area contributed by atoms with Gasteiger partial charge in [-0.1, -0.05) is 30.3 Å². The maximum Gasteiger partial charge on any atom is 0.275 e. The molecule has 1 heterocycles. The standard InChI is InChI=1S/C16H13N3O2/c20-15-8-4-2-6-13(15)16(21)19-18-10-11-9-17-14-7-3-1-5-12(11)14/h1-10,17,20H,(H,19,21)/b18-10+. The van der Waals surface area contributed by atoms with Crippen LogP contribution in [0.1, 0.15) is 15.9 Å². The number of phenolic OH excluding ortho intramolecular Hbond substituents is 1. The number of H-pyrrole nitrogens is 1. The average Bonchev–Trinajstić information content (AvgIpc) is 2.91. The van der Waals surface area contributed by atoms with E-state index in [4.69, 9.17) is 0 Å². The van der Waals surface area contributed by atoms with Gasteiger partial charge in [0.25, 0.3) is 5.91 Å². The number of hydrogen-bond acceptors (Lipinski definition) is 3. The van der Waals surface area contributed by atoms with E-state index < -0.39 is 5.91 Å². The van der Waals surface area contributed by atoms with Crippen molar-refractivity contribution in [3.05, 3.63) is 65.9 Å². The number of aromatic nitrogens is 1. The van der Waals surface area contributed by atoms with Gasteiger partial charge in [-0.3, -0.25) is 4.79 Å². The number of fused-ring (bicyclic) bond motifs is 1. The Morgan fingerprint density at radius 2 is 1.90 bits per heavy atom. The van der Waals surface area contributed by atoms with Crippen molar-refractivity contribution in [1.82, 2.24) is 10.4 Å². The molecule has 5 heteroatoms. The highest BCUT2D eigenvalue weighted by molar-refractivity contribution is 6.00. The zero-order chi connectivity index (χ0) is 14.7. The van der Waals surface area contributed by atoms with Gasteiger partial charge >= 0.3 is 0 Å². The van der Waals surface area contributed by atoms with Crippen molar-refractivity contribution in [2.24, 2.45) is 5.10 Å². The van der Waals surface area contributed by atoms with Crippen molar-refractivity contribution >= 4 is 23.0 Å². The van der Waals surface area contributed by atoms with E-state index >= 15 is 0 Å². The molecule has 0 aliphatic heterocycles. The third kappa shape index (κ3) is 2.62. The molecule has 0 bridgehead atoms. The van der Waals surface area contributed by atoms with Gasteiger partial charge in [0.1, 0.15) is 5.75 Å². The van der Waals surface area contributed by atoms with E-state index in [0.29, 0.717) is 0 Å². The maximum atomic E-state index is 11.9. The summed E-state index contributed by atoms with van der Waals surface area (Å²) in [5, 5.41) is 14.5. The van der Waals surface area contributed by atoms with Crippen LogP contribution in [0, 0.1) is 0 Å². The number of phenols is 1. The van der Waals surface area contributed by atoms with Gasteiger partial charge < -0.3 is 10.1 Å². The molecule has 21 heavy (non-hydrogen) atoms. The Morgan fingerprint density at radius 3 is 2.76 bits per heavy atom. The first kappa shape index (κ1) is 12.9. The maximum absolute atomic E-state index is 11.9. The number of carbonyl (C=O) groups is 1. The van der Waals surface area contributed by atoms with Crippen LogP contribution in [-0.2, 0) is 0 Å². The number of aromatic amines is 1. The lowest BCUT2D eigenvalue weighted by molar-refractivity contribution is 0.0952. The molecule has 0 saturated heterocycles. The van der Waals surface area contributed by atoms with Gasteiger partial charge in [0.2, 0.25) is 0 Å². The average molecular weight is 279 g/mol. The van der Waals surface area contributed by atoms with Crippen LogP contribution in [0.5, 0.6) is 5.75 Å². The van der Waals surface area contributed by atoms with Crippen LogP contribution >= 0.6 is 0 Å². The van der Waals surface area contributed by atoms with E-state index in [-0.39, 0.29) is 11.3 Å². The summed E-state index contributed by atoms with van der Waals surface area (Å²) < 4.78 is 0. The van der Waals surface area contributed by atoms with Crippen molar-refractivity contribution in [1.29, 1.82) is 0 Å². The van der Waals surface area contributed by atoms with Gasteiger partial charge in [-0.25, -0.2) is 5.43 Å². The summed E-state index contributed by atoms with van der Waals surface area (Å²) in [7, 11) is 0. The first-order valence-electron chi connectivity index (χ1n) is 6.43. The van der Waals surface area contributed by atoms with E-state index in [0.717, 1.165) is 16.5 Å². The number of benzene rings is 2. The van der Waals surface area contributed by atoms with E-state index in [1.165, 1.54) is 12.1 Å². The van der Waals surface area contributed by atoms with E-state index in [1.807, 2.05) is 30.5 Å². The predicted octanol–water partition coefficient (Wildman–Crippen LogP) is 2.64. The number of nitrogens with zero attached hydrogens (tertiary/aromatic N) is 1. The quantitative estimate of drug-likeness (QED) is 0.509. The highest BCUT2D eigenvalue weighted by Crippen LogP contribution is 2.16. The Kier molecular flexibility index (Phi) is 3.39. The molecular weight excluding hydrogens is 266 g/mol. The predicted molar refractivity (Wildman–Crippen MR) is 81.5 cm³/mol. The summed E-state index contributed by atoms with van der Waals surface area (Å²) in [5.41, 5.74) is 4.47. The molecule has 0 atom stereocenters. The van der Waals surface area contributed by atoms with Gasteiger partial charge in [-0.15, -0.1) is 0 Å². The molecule has 0 saturated carbocycles. The minimum atomic E-state index is -0.454. The molecule has 0 fully saturated rings. The molecule has 3 N–H and O–H groups in total. The lowest BCUT2D eigenvalue weighted by atomic mass is 10.2. The van der Waals surface area contributed by atoms with Gasteiger partial charge in [-0.05, 0) is 18.2 Å². The van der Waals surface area contributed by atoms with Gasteiger partial charge in [0, 0.05) is 22.7 Å². The number of hydrazone groups is 1. The number of hydrogen-bond donors (Lipinski definition) is 3. The second-order valence-electron chi connectivity index (χ2n) is 4.51. The van der Waals surface area contributed by atoms with Crippen LogP contribution in [-0.4, -0.2) is 22.2 Å². The Labute approximate surface area is 120 Å². The summed E-state index contributed by atoms with van der Waals surface area (Å²) in [6.07, 6.45) is 3.39. The second kappa shape index (κ2) is 5.50. The van der Waals surface area contributed by atoms with Crippen LogP contribution < -0.4 is 5.43 Å². The zero-order valence-electron chi connectivity index (χ0n) is 11.1. The topological polar surface area (TPSA) is 77.5 Å². The van der Waals surface area contributed by atoms with Crippen LogP contribution in [0.25, 0.3) is 10.9 Å². The molecule has 1 aromatic heterocycles. The molecule has 3 aromatic rings. The lowest BCUT2D eigenvalue weighted by Crippen LogP contribution is -2.17. The fourth-order valence-corrected chi connectivity index (χ4v) is 2.09. The van der Waals surface area contributed by atoms with Crippen molar-refractivity contribution < 1.29 is 9.90 Å². The number of para-hydroxylation sites is 2. The number of nitrogens with one attached hydrogen (secondary N) is 2. The molecule has 1 amide bonds. The van der Waals surface area contributed by atoms with E-state index in [1.54, 1.807) is 18.3 Å². The lowest BCUT2D eigenvalue weighted by Gasteiger charge is -2.01. The molecule has 0 radical (unpaired) electrons. The van der Waals surface area contributed by atoms with E-state index in [9.17, 15) is 9.90 Å². The van der Waals surface area contributed by atoms with Gasteiger partial charge in [0.05, 0.1) is 11.8 Å². The molecule has 0 unspecified atom stereocenters. The highest BCUT2D eigenvalue weighted by atomic mass is 16.3. The van der Waals surface area contributed by atoms with Gasteiger partial charge in [0.15, 0.2) is 0 Å². The molecule has 2 aromatic carbocycles. The van der Waals surface area contributed by atoms with Crippen molar-refractivity contribution in [3.63, 3.8) is 0 Å². The smallest absolute Gasteiger partial charge is 0.275 e. The molecule has 0 aliphatic rings. The number of aromatic hydroxyl groups is 1. The zero-order valence-corrected chi connectivity index (χ0v) is 11.1. The second-order valence-corrected chi connectivity index (χ2v) is 4.51. The van der Waals surface area contributed by atoms with Crippen LogP contribution in [0.2, 0.25) is 0 Å². The van der Waals surface area contributed by atoms with Crippen molar-refractivity contribution in [3.8, 4) is 5.75 Å². The minimum absolute atomic E-state index is 0.0719. The van der Waals surface area contributed by atoms with Crippen LogP contribution in [0.4, 0.5) is 0 Å².